The molecule has 0 saturated heterocycles. The van der Waals surface area contributed by atoms with Crippen molar-refractivity contribution in [2.45, 2.75) is 0 Å². The predicted molar refractivity (Wildman–Crippen MR) is 287 cm³/mol. The van der Waals surface area contributed by atoms with Gasteiger partial charge >= 0.3 is 0 Å². The van der Waals surface area contributed by atoms with Gasteiger partial charge in [0.2, 0.25) is 11.6 Å². The van der Waals surface area contributed by atoms with E-state index in [1.165, 1.54) is 20.7 Å². The number of furan rings is 1. The van der Waals surface area contributed by atoms with Crippen molar-refractivity contribution in [1.82, 2.24) is 32.9 Å². The van der Waals surface area contributed by atoms with Crippen molar-refractivity contribution in [1.29, 1.82) is 0 Å². The molecule has 0 aliphatic rings. The fourth-order valence-corrected chi connectivity index (χ4v) is 16.1. The second kappa shape index (κ2) is 14.8. The minimum absolute atomic E-state index is 0.748. The van der Waals surface area contributed by atoms with Gasteiger partial charge in [-0.1, -0.05) is 164 Å². The quantitative estimate of drug-likeness (QED) is 0.118. The molecule has 15 aromatic rings. The van der Waals surface area contributed by atoms with Crippen LogP contribution in [0.1, 0.15) is 0 Å². The predicted octanol–water partition coefficient (Wildman–Crippen LogP) is 11.5. The average Bonchev–Trinajstić information content (AvgIpc) is 4.23. The molecule has 0 fully saturated rings. The maximum atomic E-state index is 6.43. The van der Waals surface area contributed by atoms with Crippen molar-refractivity contribution in [2.75, 3.05) is 0 Å². The van der Waals surface area contributed by atoms with E-state index in [1.54, 1.807) is 0 Å². The molecule has 0 saturated carbocycles. The zero-order chi connectivity index (χ0) is 45.9. The van der Waals surface area contributed by atoms with E-state index in [2.05, 4.69) is 236 Å². The average molecular weight is 914 g/mol. The van der Waals surface area contributed by atoms with Crippen molar-refractivity contribution in [3.63, 3.8) is 0 Å². The molecule has 0 unspecified atom stereocenters. The first kappa shape index (κ1) is 38.8. The first-order chi connectivity index (χ1) is 34.7. The van der Waals surface area contributed by atoms with Crippen LogP contribution in [0.25, 0.3) is 100 Å². The van der Waals surface area contributed by atoms with Crippen LogP contribution in [-0.4, -0.2) is 41.0 Å². The Morgan fingerprint density at radius 3 is 1.39 bits per heavy atom. The summed E-state index contributed by atoms with van der Waals surface area (Å²) in [4.78, 5) is 16.3. The van der Waals surface area contributed by atoms with Gasteiger partial charge in [0.25, 0.3) is 0 Å². The van der Waals surface area contributed by atoms with Crippen LogP contribution in [0.5, 0.6) is 0 Å². The lowest BCUT2D eigenvalue weighted by Crippen LogP contribution is -2.74. The highest BCUT2D eigenvalue weighted by Crippen LogP contribution is 2.35. The van der Waals surface area contributed by atoms with Gasteiger partial charge in [0.15, 0.2) is 8.07 Å². The van der Waals surface area contributed by atoms with Gasteiger partial charge in [0.1, 0.15) is 22.8 Å². The summed E-state index contributed by atoms with van der Waals surface area (Å²) in [5.41, 5.74) is 11.9. The number of nitrogens with zero attached hydrogens (tertiary/aromatic N) is 7. The summed E-state index contributed by atoms with van der Waals surface area (Å²) in [6, 6.07) is 84.9. The smallest absolute Gasteiger partial charge is 0.221 e. The molecule has 0 spiro atoms. The van der Waals surface area contributed by atoms with Crippen LogP contribution in [-0.2, 0) is 0 Å². The third kappa shape index (κ3) is 5.49. The van der Waals surface area contributed by atoms with Crippen LogP contribution in [0.4, 0.5) is 0 Å². The van der Waals surface area contributed by atoms with Crippen LogP contribution in [0.2, 0.25) is 0 Å². The minimum atomic E-state index is -3.05. The maximum Gasteiger partial charge on any atom is 0.221 e. The second-order valence-electron chi connectivity index (χ2n) is 18.1. The van der Waals surface area contributed by atoms with E-state index >= 15 is 0 Å². The van der Waals surface area contributed by atoms with Crippen molar-refractivity contribution in [3.8, 4) is 22.8 Å². The molecular formula is C61H39N7OSi. The van der Waals surface area contributed by atoms with Crippen LogP contribution in [0.15, 0.2) is 241 Å². The highest BCUT2D eigenvalue weighted by molar-refractivity contribution is 7.20. The van der Waals surface area contributed by atoms with Gasteiger partial charge in [-0.25, -0.2) is 15.0 Å². The Kier molecular flexibility index (Phi) is 8.22. The van der Waals surface area contributed by atoms with Gasteiger partial charge in [0, 0.05) is 10.8 Å². The van der Waals surface area contributed by atoms with Crippen molar-refractivity contribution in [2.24, 2.45) is 0 Å². The zero-order valence-electron chi connectivity index (χ0n) is 37.6. The number of imidazole rings is 4. The Hall–Kier alpha value is -9.31. The van der Waals surface area contributed by atoms with E-state index in [0.717, 1.165) is 100 Å². The summed E-state index contributed by atoms with van der Waals surface area (Å²) in [5.74, 6) is 3.09. The SMILES string of the molecule is c1ccc([Si](c2ccccc2)(c2cccc(-c3cc(-n4c5ccccc5n5c6ccccc6nc45)nc(-n4c5ccccc5n5c6ccccc6nc45)c3)c2)c2ccc3oc4ccccc4c3c2)cc1. The van der Waals surface area contributed by atoms with E-state index in [1.807, 2.05) is 18.2 Å². The fourth-order valence-electron chi connectivity index (χ4n) is 11.3. The fraction of sp³-hybridized carbons (Fsp3) is 0. The molecule has 0 bridgehead atoms. The lowest BCUT2D eigenvalue weighted by Gasteiger charge is -2.34. The number of rotatable bonds is 7. The summed E-state index contributed by atoms with van der Waals surface area (Å²) in [6.45, 7) is 0. The molecule has 0 atom stereocenters. The van der Waals surface area contributed by atoms with Crippen LogP contribution < -0.4 is 20.7 Å². The van der Waals surface area contributed by atoms with Gasteiger partial charge in [-0.05, 0) is 105 Å². The third-order valence-corrected chi connectivity index (χ3v) is 19.1. The number of fused-ring (bicyclic) bond motifs is 13. The topological polar surface area (TPSA) is 70.5 Å². The molecule has 0 amide bonds. The van der Waals surface area contributed by atoms with Crippen molar-refractivity contribution >= 4 is 106 Å². The monoisotopic (exact) mass is 913 g/mol. The van der Waals surface area contributed by atoms with Crippen LogP contribution in [0.3, 0.4) is 0 Å². The molecule has 9 aromatic carbocycles. The van der Waals surface area contributed by atoms with Gasteiger partial charge in [-0.3, -0.25) is 17.9 Å². The van der Waals surface area contributed by atoms with E-state index < -0.39 is 8.07 Å². The summed E-state index contributed by atoms with van der Waals surface area (Å²) in [6.07, 6.45) is 0. The number of benzene rings is 9. The Balaban J connectivity index is 1.04. The number of hydrogen-bond acceptors (Lipinski definition) is 4. The van der Waals surface area contributed by atoms with Gasteiger partial charge < -0.3 is 4.42 Å². The molecule has 0 aliphatic heterocycles. The summed E-state index contributed by atoms with van der Waals surface area (Å²) >= 11 is 0. The van der Waals surface area contributed by atoms with Gasteiger partial charge in [-0.15, -0.1) is 0 Å². The van der Waals surface area contributed by atoms with E-state index in [-0.39, 0.29) is 0 Å². The lowest BCUT2D eigenvalue weighted by molar-refractivity contribution is 0.669. The zero-order valence-corrected chi connectivity index (χ0v) is 38.6. The number of para-hydroxylation sites is 9. The molecule has 8 nitrogen and oxygen atoms in total. The van der Waals surface area contributed by atoms with Gasteiger partial charge in [-0.2, -0.15) is 0 Å². The second-order valence-corrected chi connectivity index (χ2v) is 21.9. The number of aromatic nitrogens is 7. The number of hydrogen-bond donors (Lipinski definition) is 0. The van der Waals surface area contributed by atoms with E-state index in [0.29, 0.717) is 0 Å². The molecule has 70 heavy (non-hydrogen) atoms. The minimum Gasteiger partial charge on any atom is -0.456 e. The molecule has 0 N–H and O–H groups in total. The molecule has 328 valence electrons. The molecule has 15 rings (SSSR count). The van der Waals surface area contributed by atoms with Crippen molar-refractivity contribution in [3.05, 3.63) is 237 Å². The Morgan fingerprint density at radius 2 is 0.786 bits per heavy atom. The Morgan fingerprint density at radius 1 is 0.314 bits per heavy atom. The maximum absolute atomic E-state index is 6.43. The lowest BCUT2D eigenvalue weighted by atomic mass is 10.1. The summed E-state index contributed by atoms with van der Waals surface area (Å²) < 4.78 is 15.4. The van der Waals surface area contributed by atoms with Crippen molar-refractivity contribution < 1.29 is 4.42 Å². The van der Waals surface area contributed by atoms with E-state index in [9.17, 15) is 0 Å². The Labute approximate surface area is 401 Å². The summed E-state index contributed by atoms with van der Waals surface area (Å²) in [5, 5.41) is 7.35. The molecule has 6 heterocycles. The molecule has 9 heteroatoms. The first-order valence-electron chi connectivity index (χ1n) is 23.6. The molecular weight excluding hydrogens is 875 g/mol. The summed E-state index contributed by atoms with van der Waals surface area (Å²) in [7, 11) is -3.05. The largest absolute Gasteiger partial charge is 0.456 e. The normalized spacial score (nSPS) is 12.3. The van der Waals surface area contributed by atoms with Gasteiger partial charge in [0.05, 0.1) is 44.1 Å². The first-order valence-corrected chi connectivity index (χ1v) is 25.6. The van der Waals surface area contributed by atoms with Crippen LogP contribution in [0, 0.1) is 0 Å². The van der Waals surface area contributed by atoms with Crippen LogP contribution >= 0.6 is 0 Å². The highest BCUT2D eigenvalue weighted by atomic mass is 28.3. The molecule has 0 radical (unpaired) electrons. The highest BCUT2D eigenvalue weighted by Gasteiger charge is 2.42. The molecule has 6 aromatic heterocycles. The van der Waals surface area contributed by atoms with E-state index in [4.69, 9.17) is 19.4 Å². The number of pyridine rings is 1. The standard InChI is InChI=1S/C61H39N7OSi/c1-3-19-42(20-4-1)70(43-21-5-2-6-22-43,45-34-35-57-47(39-45)46-24-7-16-33-56(46)69-57)44-23-17-18-40(36-44)41-37-58(67-54-31-14-12-29-52(54)65-50-27-10-8-25-48(50)62-60(65)67)64-59(38-41)68-55-32-15-13-30-53(55)66-51-28-11-9-26-49(51)63-61(66)68/h1-39H. The third-order valence-electron chi connectivity index (χ3n) is 14.3. The molecule has 0 aliphatic carbocycles. The Bertz CT molecular complexity index is 4350.